The third-order valence-corrected chi connectivity index (χ3v) is 4.78. The van der Waals surface area contributed by atoms with E-state index in [1.807, 2.05) is 36.4 Å². The fourth-order valence-corrected chi connectivity index (χ4v) is 3.11. The van der Waals surface area contributed by atoms with E-state index in [2.05, 4.69) is 15.6 Å². The summed E-state index contributed by atoms with van der Waals surface area (Å²) in [5.74, 6) is -0.246. The zero-order valence-corrected chi connectivity index (χ0v) is 15.1. The van der Waals surface area contributed by atoms with Crippen molar-refractivity contribution >= 4 is 17.5 Å². The highest BCUT2D eigenvalue weighted by molar-refractivity contribution is 6.00. The lowest BCUT2D eigenvalue weighted by Crippen LogP contribution is -2.52. The standard InChI is InChI=1S/C20H24N4O2/c1-14(21-2)19(25)23-17-8-7-16-5-3-4-6-18(16)24(20(17)26)13-15-9-11-22-12-10-15/h3-6,9-12,14,17,21H,7-8,13H2,1-2H3,(H,23,25). The zero-order valence-electron chi connectivity index (χ0n) is 15.1. The molecular formula is C20H24N4O2. The van der Waals surface area contributed by atoms with E-state index >= 15 is 0 Å². The second-order valence-corrected chi connectivity index (χ2v) is 6.52. The van der Waals surface area contributed by atoms with Gasteiger partial charge in [0.2, 0.25) is 11.8 Å². The summed E-state index contributed by atoms with van der Waals surface area (Å²) in [5, 5.41) is 5.81. The highest BCUT2D eigenvalue weighted by atomic mass is 16.2. The van der Waals surface area contributed by atoms with Gasteiger partial charge in [-0.1, -0.05) is 18.2 Å². The van der Waals surface area contributed by atoms with Gasteiger partial charge in [0.15, 0.2) is 0 Å². The maximum Gasteiger partial charge on any atom is 0.249 e. The topological polar surface area (TPSA) is 74.3 Å². The number of aryl methyl sites for hydroxylation is 1. The summed E-state index contributed by atoms with van der Waals surface area (Å²) in [4.78, 5) is 31.3. The molecule has 2 N–H and O–H groups in total. The van der Waals surface area contributed by atoms with Crippen LogP contribution in [-0.2, 0) is 22.6 Å². The largest absolute Gasteiger partial charge is 0.343 e. The Labute approximate surface area is 153 Å². The molecule has 6 heteroatoms. The van der Waals surface area contributed by atoms with Crippen LogP contribution in [0, 0.1) is 0 Å². The molecule has 3 rings (SSSR count). The van der Waals surface area contributed by atoms with Crippen LogP contribution in [-0.4, -0.2) is 35.9 Å². The molecule has 1 aliphatic heterocycles. The molecule has 2 atom stereocenters. The highest BCUT2D eigenvalue weighted by Gasteiger charge is 2.32. The van der Waals surface area contributed by atoms with E-state index in [1.54, 1.807) is 31.3 Å². The number of carbonyl (C=O) groups excluding carboxylic acids is 2. The number of likely N-dealkylation sites (N-methyl/N-ethyl adjacent to an activating group) is 1. The molecule has 0 saturated carbocycles. The Hall–Kier alpha value is -2.73. The van der Waals surface area contributed by atoms with Crippen molar-refractivity contribution in [3.63, 3.8) is 0 Å². The van der Waals surface area contributed by atoms with Gasteiger partial charge in [0, 0.05) is 18.1 Å². The predicted molar refractivity (Wildman–Crippen MR) is 101 cm³/mol. The molecule has 6 nitrogen and oxygen atoms in total. The van der Waals surface area contributed by atoms with E-state index in [0.717, 1.165) is 23.2 Å². The Morgan fingerprint density at radius 3 is 2.73 bits per heavy atom. The van der Waals surface area contributed by atoms with Crippen molar-refractivity contribution in [1.29, 1.82) is 0 Å². The number of hydrogen-bond donors (Lipinski definition) is 2. The van der Waals surface area contributed by atoms with E-state index in [1.165, 1.54) is 0 Å². The minimum Gasteiger partial charge on any atom is -0.343 e. The molecule has 0 fully saturated rings. The van der Waals surface area contributed by atoms with Crippen LogP contribution in [0.5, 0.6) is 0 Å². The first-order chi connectivity index (χ1) is 12.6. The quantitative estimate of drug-likeness (QED) is 0.858. The Morgan fingerprint density at radius 2 is 2.00 bits per heavy atom. The minimum atomic E-state index is -0.535. The van der Waals surface area contributed by atoms with Crippen LogP contribution in [0.3, 0.4) is 0 Å². The number of aromatic nitrogens is 1. The average Bonchev–Trinajstić information content (AvgIpc) is 2.80. The van der Waals surface area contributed by atoms with Crippen molar-refractivity contribution in [2.45, 2.75) is 38.4 Å². The molecule has 136 valence electrons. The van der Waals surface area contributed by atoms with Crippen molar-refractivity contribution < 1.29 is 9.59 Å². The molecule has 2 aromatic rings. The van der Waals surface area contributed by atoms with Gasteiger partial charge in [0.1, 0.15) is 6.04 Å². The Bertz CT molecular complexity index is 778. The summed E-state index contributed by atoms with van der Waals surface area (Å²) in [6.07, 6.45) is 4.77. The monoisotopic (exact) mass is 352 g/mol. The second-order valence-electron chi connectivity index (χ2n) is 6.52. The molecule has 0 radical (unpaired) electrons. The molecule has 1 aromatic heterocycles. The van der Waals surface area contributed by atoms with Gasteiger partial charge in [-0.05, 0) is 56.1 Å². The van der Waals surface area contributed by atoms with E-state index < -0.39 is 6.04 Å². The maximum absolute atomic E-state index is 13.2. The highest BCUT2D eigenvalue weighted by Crippen LogP contribution is 2.28. The third kappa shape index (κ3) is 3.91. The van der Waals surface area contributed by atoms with Gasteiger partial charge in [0.25, 0.3) is 0 Å². The van der Waals surface area contributed by atoms with Gasteiger partial charge in [-0.15, -0.1) is 0 Å². The van der Waals surface area contributed by atoms with Gasteiger partial charge >= 0.3 is 0 Å². The first-order valence-corrected chi connectivity index (χ1v) is 8.86. The molecule has 1 aliphatic rings. The fraction of sp³-hybridized carbons (Fsp3) is 0.350. The summed E-state index contributed by atoms with van der Waals surface area (Å²) in [5.41, 5.74) is 3.03. The SMILES string of the molecule is CNC(C)C(=O)NC1CCc2ccccc2N(Cc2ccncc2)C1=O. The minimum absolute atomic E-state index is 0.0802. The van der Waals surface area contributed by atoms with Crippen LogP contribution in [0.1, 0.15) is 24.5 Å². The summed E-state index contributed by atoms with van der Waals surface area (Å²) in [6, 6.07) is 10.9. The molecule has 0 bridgehead atoms. The molecule has 2 heterocycles. The number of benzene rings is 1. The van der Waals surface area contributed by atoms with Crippen LogP contribution in [0.25, 0.3) is 0 Å². The summed E-state index contributed by atoms with van der Waals surface area (Å²) in [7, 11) is 1.73. The van der Waals surface area contributed by atoms with E-state index in [-0.39, 0.29) is 17.9 Å². The van der Waals surface area contributed by atoms with Crippen molar-refractivity contribution in [3.05, 3.63) is 59.9 Å². The Morgan fingerprint density at radius 1 is 1.27 bits per heavy atom. The summed E-state index contributed by atoms with van der Waals surface area (Å²) in [6.45, 7) is 2.23. The van der Waals surface area contributed by atoms with E-state index in [0.29, 0.717) is 13.0 Å². The number of nitrogens with one attached hydrogen (secondary N) is 2. The number of amides is 2. The van der Waals surface area contributed by atoms with Gasteiger partial charge in [-0.3, -0.25) is 14.6 Å². The number of para-hydroxylation sites is 1. The Balaban J connectivity index is 1.89. The van der Waals surface area contributed by atoms with Crippen LogP contribution in [0.4, 0.5) is 5.69 Å². The first-order valence-electron chi connectivity index (χ1n) is 8.86. The lowest BCUT2D eigenvalue weighted by Gasteiger charge is -2.27. The molecule has 26 heavy (non-hydrogen) atoms. The molecular weight excluding hydrogens is 328 g/mol. The van der Waals surface area contributed by atoms with Gasteiger partial charge in [-0.2, -0.15) is 0 Å². The van der Waals surface area contributed by atoms with Gasteiger partial charge in [0.05, 0.1) is 12.6 Å². The summed E-state index contributed by atoms with van der Waals surface area (Å²) < 4.78 is 0. The zero-order chi connectivity index (χ0) is 18.5. The predicted octanol–water partition coefficient (Wildman–Crippen LogP) is 1.65. The number of hydrogen-bond acceptors (Lipinski definition) is 4. The smallest absolute Gasteiger partial charge is 0.249 e. The molecule has 0 saturated heterocycles. The third-order valence-electron chi connectivity index (χ3n) is 4.78. The average molecular weight is 352 g/mol. The van der Waals surface area contributed by atoms with Crippen molar-refractivity contribution in [1.82, 2.24) is 15.6 Å². The number of carbonyl (C=O) groups is 2. The number of rotatable bonds is 5. The van der Waals surface area contributed by atoms with Crippen LogP contribution < -0.4 is 15.5 Å². The number of anilines is 1. The van der Waals surface area contributed by atoms with E-state index in [9.17, 15) is 9.59 Å². The lowest BCUT2D eigenvalue weighted by atomic mass is 10.1. The molecule has 1 aromatic carbocycles. The summed E-state index contributed by atoms with van der Waals surface area (Å²) >= 11 is 0. The van der Waals surface area contributed by atoms with Crippen molar-refractivity contribution in [2.75, 3.05) is 11.9 Å². The molecule has 0 spiro atoms. The Kier molecular flexibility index (Phi) is 5.63. The first kappa shape index (κ1) is 18.1. The van der Waals surface area contributed by atoms with Crippen LogP contribution >= 0.6 is 0 Å². The lowest BCUT2D eigenvalue weighted by molar-refractivity contribution is -0.128. The molecule has 0 aliphatic carbocycles. The van der Waals surface area contributed by atoms with Gasteiger partial charge < -0.3 is 15.5 Å². The fourth-order valence-electron chi connectivity index (χ4n) is 3.11. The number of pyridine rings is 1. The normalized spacial score (nSPS) is 18.0. The molecule has 2 amide bonds. The van der Waals surface area contributed by atoms with Crippen LogP contribution in [0.2, 0.25) is 0 Å². The van der Waals surface area contributed by atoms with Crippen molar-refractivity contribution in [2.24, 2.45) is 0 Å². The second kappa shape index (κ2) is 8.10. The maximum atomic E-state index is 13.2. The van der Waals surface area contributed by atoms with Gasteiger partial charge in [-0.25, -0.2) is 0 Å². The number of fused-ring (bicyclic) bond motifs is 1. The van der Waals surface area contributed by atoms with E-state index in [4.69, 9.17) is 0 Å². The van der Waals surface area contributed by atoms with Crippen molar-refractivity contribution in [3.8, 4) is 0 Å². The van der Waals surface area contributed by atoms with Crippen LogP contribution in [0.15, 0.2) is 48.8 Å². The molecule has 2 unspecified atom stereocenters. The number of nitrogens with zero attached hydrogens (tertiary/aromatic N) is 2.